The quantitative estimate of drug-likeness (QED) is 0.799. The number of nitrogens with zero attached hydrogens (tertiary/aromatic N) is 1. The summed E-state index contributed by atoms with van der Waals surface area (Å²) >= 11 is 0. The van der Waals surface area contributed by atoms with Crippen LogP contribution in [0.25, 0.3) is 0 Å². The maximum absolute atomic E-state index is 13.1. The van der Waals surface area contributed by atoms with Crippen molar-refractivity contribution >= 4 is 21.6 Å². The van der Waals surface area contributed by atoms with Gasteiger partial charge in [0.15, 0.2) is 0 Å². The van der Waals surface area contributed by atoms with Gasteiger partial charge >= 0.3 is 0 Å². The summed E-state index contributed by atoms with van der Waals surface area (Å²) in [6, 6.07) is 4.12. The first-order valence-corrected chi connectivity index (χ1v) is 9.84. The summed E-state index contributed by atoms with van der Waals surface area (Å²) in [4.78, 5) is 12.4. The predicted molar refractivity (Wildman–Crippen MR) is 92.7 cm³/mol. The van der Waals surface area contributed by atoms with E-state index in [1.807, 2.05) is 0 Å². The van der Waals surface area contributed by atoms with E-state index in [-0.39, 0.29) is 11.6 Å². The van der Waals surface area contributed by atoms with Crippen LogP contribution in [0.3, 0.4) is 0 Å². The van der Waals surface area contributed by atoms with Crippen LogP contribution < -0.4 is 9.62 Å². The summed E-state index contributed by atoms with van der Waals surface area (Å²) in [5, 5.41) is 2.80. The number of carbonyl (C=O) groups excluding carboxylic acids is 1. The molecule has 1 N–H and O–H groups in total. The van der Waals surface area contributed by atoms with Crippen LogP contribution in [0.4, 0.5) is 10.1 Å². The Morgan fingerprint density at radius 3 is 2.50 bits per heavy atom. The molecule has 0 saturated carbocycles. The molecule has 1 aliphatic rings. The number of benzene rings is 1. The van der Waals surface area contributed by atoms with E-state index in [9.17, 15) is 17.6 Å². The molecule has 2 rings (SSSR count). The van der Waals surface area contributed by atoms with Crippen LogP contribution in [0, 0.1) is 5.82 Å². The Labute approximate surface area is 142 Å². The number of allylic oxidation sites excluding steroid dienone is 1. The number of hydrogen-bond donors (Lipinski definition) is 1. The van der Waals surface area contributed by atoms with Gasteiger partial charge in [-0.2, -0.15) is 0 Å². The second-order valence-electron chi connectivity index (χ2n) is 6.04. The second kappa shape index (κ2) is 7.79. The van der Waals surface area contributed by atoms with E-state index in [2.05, 4.69) is 11.4 Å². The van der Waals surface area contributed by atoms with Crippen molar-refractivity contribution < 1.29 is 17.6 Å². The maximum atomic E-state index is 13.1. The molecular formula is C17H23FN2O3S. The highest BCUT2D eigenvalue weighted by atomic mass is 32.2. The summed E-state index contributed by atoms with van der Waals surface area (Å²) in [5.41, 5.74) is 1.44. The third-order valence-electron chi connectivity index (χ3n) is 4.04. The lowest BCUT2D eigenvalue weighted by Gasteiger charge is -2.28. The fourth-order valence-corrected chi connectivity index (χ4v) is 3.99. The van der Waals surface area contributed by atoms with E-state index < -0.39 is 21.9 Å². The minimum absolute atomic E-state index is 0.262. The smallest absolute Gasteiger partial charge is 0.243 e. The Kier molecular flexibility index (Phi) is 5.99. The second-order valence-corrected chi connectivity index (χ2v) is 7.90. The van der Waals surface area contributed by atoms with Gasteiger partial charge < -0.3 is 5.32 Å². The molecule has 24 heavy (non-hydrogen) atoms. The first-order valence-electron chi connectivity index (χ1n) is 7.99. The first kappa shape index (κ1) is 18.4. The highest BCUT2D eigenvalue weighted by Crippen LogP contribution is 2.21. The molecular weight excluding hydrogens is 331 g/mol. The molecule has 1 amide bonds. The Hall–Kier alpha value is -1.89. The van der Waals surface area contributed by atoms with Crippen molar-refractivity contribution in [3.05, 3.63) is 41.7 Å². The predicted octanol–water partition coefficient (Wildman–Crippen LogP) is 2.60. The summed E-state index contributed by atoms with van der Waals surface area (Å²) in [6.45, 7) is 1.96. The molecule has 0 fully saturated rings. The van der Waals surface area contributed by atoms with Crippen molar-refractivity contribution in [1.82, 2.24) is 5.32 Å². The maximum Gasteiger partial charge on any atom is 0.243 e. The van der Waals surface area contributed by atoms with Gasteiger partial charge in [0.25, 0.3) is 0 Å². The molecule has 1 aromatic rings. The fraction of sp³-hybridized carbons (Fsp3) is 0.471. The lowest BCUT2D eigenvalue weighted by atomic mass is 10.00. The largest absolute Gasteiger partial charge is 0.351 e. The van der Waals surface area contributed by atoms with Crippen molar-refractivity contribution in [2.45, 2.75) is 38.6 Å². The molecule has 1 aliphatic carbocycles. The van der Waals surface area contributed by atoms with Gasteiger partial charge in [-0.05, 0) is 56.9 Å². The van der Waals surface area contributed by atoms with Gasteiger partial charge in [0.2, 0.25) is 15.9 Å². The van der Waals surface area contributed by atoms with Crippen LogP contribution in [-0.2, 0) is 14.8 Å². The molecule has 0 saturated heterocycles. The SMILES string of the molecule is CC(C(=O)NCC1=CCCCC1)N(c1ccc(F)cc1)S(C)(=O)=O. The van der Waals surface area contributed by atoms with Crippen LogP contribution in [-0.4, -0.2) is 33.2 Å². The zero-order chi connectivity index (χ0) is 17.7. The van der Waals surface area contributed by atoms with Gasteiger partial charge in [-0.25, -0.2) is 12.8 Å². The average Bonchev–Trinajstić information content (AvgIpc) is 2.54. The van der Waals surface area contributed by atoms with Crippen LogP contribution >= 0.6 is 0 Å². The Morgan fingerprint density at radius 1 is 1.29 bits per heavy atom. The van der Waals surface area contributed by atoms with Gasteiger partial charge in [-0.3, -0.25) is 9.10 Å². The van der Waals surface area contributed by atoms with E-state index in [0.717, 1.165) is 29.8 Å². The monoisotopic (exact) mass is 354 g/mol. The topological polar surface area (TPSA) is 66.5 Å². The number of amides is 1. The molecule has 0 spiro atoms. The fourth-order valence-electron chi connectivity index (χ4n) is 2.81. The highest BCUT2D eigenvalue weighted by Gasteiger charge is 2.29. The van der Waals surface area contributed by atoms with Crippen molar-refractivity contribution in [3.8, 4) is 0 Å². The molecule has 5 nitrogen and oxygen atoms in total. The van der Waals surface area contributed by atoms with Crippen molar-refractivity contribution in [2.24, 2.45) is 0 Å². The van der Waals surface area contributed by atoms with Gasteiger partial charge in [0.1, 0.15) is 11.9 Å². The molecule has 0 radical (unpaired) electrons. The lowest BCUT2D eigenvalue weighted by Crippen LogP contribution is -2.48. The number of halogens is 1. The van der Waals surface area contributed by atoms with Gasteiger partial charge in [-0.1, -0.05) is 11.6 Å². The van der Waals surface area contributed by atoms with Crippen LogP contribution in [0.15, 0.2) is 35.9 Å². The minimum atomic E-state index is -3.68. The number of nitrogens with one attached hydrogen (secondary N) is 1. The number of carbonyl (C=O) groups is 1. The normalized spacial score (nSPS) is 16.2. The molecule has 0 aromatic heterocycles. The van der Waals surface area contributed by atoms with Crippen LogP contribution in [0.1, 0.15) is 32.6 Å². The first-order chi connectivity index (χ1) is 11.3. The number of sulfonamides is 1. The Balaban J connectivity index is 2.12. The number of anilines is 1. The molecule has 0 heterocycles. The standard InChI is InChI=1S/C17H23FN2O3S/c1-13(17(21)19-12-14-6-4-3-5-7-14)20(24(2,22)23)16-10-8-15(18)9-11-16/h6,8-11,13H,3-5,7,12H2,1-2H3,(H,19,21). The van der Waals surface area contributed by atoms with E-state index >= 15 is 0 Å². The van der Waals surface area contributed by atoms with Gasteiger partial charge in [-0.15, -0.1) is 0 Å². The number of rotatable bonds is 6. The van der Waals surface area contributed by atoms with E-state index in [0.29, 0.717) is 6.54 Å². The van der Waals surface area contributed by atoms with Crippen molar-refractivity contribution in [2.75, 3.05) is 17.1 Å². The molecule has 1 unspecified atom stereocenters. The summed E-state index contributed by atoms with van der Waals surface area (Å²) in [5.74, 6) is -0.843. The van der Waals surface area contributed by atoms with Crippen LogP contribution in [0.5, 0.6) is 0 Å². The van der Waals surface area contributed by atoms with Crippen molar-refractivity contribution in [1.29, 1.82) is 0 Å². The zero-order valence-electron chi connectivity index (χ0n) is 14.0. The third kappa shape index (κ3) is 4.80. The summed E-state index contributed by atoms with van der Waals surface area (Å²) in [6.07, 6.45) is 7.42. The summed E-state index contributed by atoms with van der Waals surface area (Å²) < 4.78 is 38.3. The molecule has 1 atom stereocenters. The van der Waals surface area contributed by atoms with Crippen molar-refractivity contribution in [3.63, 3.8) is 0 Å². The minimum Gasteiger partial charge on any atom is -0.351 e. The number of hydrogen-bond acceptors (Lipinski definition) is 3. The molecule has 0 aliphatic heterocycles. The molecule has 1 aromatic carbocycles. The molecule has 7 heteroatoms. The van der Waals surface area contributed by atoms with Gasteiger partial charge in [0.05, 0.1) is 11.9 Å². The van der Waals surface area contributed by atoms with E-state index in [4.69, 9.17) is 0 Å². The highest BCUT2D eigenvalue weighted by molar-refractivity contribution is 7.92. The summed E-state index contributed by atoms with van der Waals surface area (Å²) in [7, 11) is -3.68. The van der Waals surface area contributed by atoms with E-state index in [1.165, 1.54) is 43.2 Å². The van der Waals surface area contributed by atoms with E-state index in [1.54, 1.807) is 0 Å². The lowest BCUT2D eigenvalue weighted by molar-refractivity contribution is -0.121. The Morgan fingerprint density at radius 2 is 1.96 bits per heavy atom. The van der Waals surface area contributed by atoms with Gasteiger partial charge in [0, 0.05) is 6.54 Å². The molecule has 0 bridgehead atoms. The van der Waals surface area contributed by atoms with Crippen LogP contribution in [0.2, 0.25) is 0 Å². The zero-order valence-corrected chi connectivity index (χ0v) is 14.8. The Bertz CT molecular complexity index is 714. The third-order valence-corrected chi connectivity index (χ3v) is 5.29. The average molecular weight is 354 g/mol. The molecule has 132 valence electrons.